The number of imidazole rings is 1. The van der Waals surface area contributed by atoms with E-state index < -0.39 is 0 Å². The van der Waals surface area contributed by atoms with Gasteiger partial charge < -0.3 is 9.30 Å². The van der Waals surface area contributed by atoms with Gasteiger partial charge in [-0.25, -0.2) is 0 Å². The Morgan fingerprint density at radius 1 is 1.12 bits per heavy atom. The van der Waals surface area contributed by atoms with Crippen molar-refractivity contribution in [2.75, 3.05) is 6.61 Å². The fourth-order valence-corrected chi connectivity index (χ4v) is 3.66. The molecule has 1 aliphatic rings. The van der Waals surface area contributed by atoms with Crippen LogP contribution in [0.1, 0.15) is 28.7 Å². The molecule has 0 saturated heterocycles. The summed E-state index contributed by atoms with van der Waals surface area (Å²) in [7, 11) is 0. The number of benzene rings is 2. The molecule has 0 unspecified atom stereocenters. The molecule has 2 heterocycles. The number of ether oxygens (including phenoxy) is 1. The van der Waals surface area contributed by atoms with Crippen molar-refractivity contribution in [2.45, 2.75) is 33.6 Å². The van der Waals surface area contributed by atoms with Crippen molar-refractivity contribution in [1.82, 2.24) is 9.55 Å². The second-order valence-electron chi connectivity index (χ2n) is 6.56. The molecule has 2 aromatic carbocycles. The van der Waals surface area contributed by atoms with Gasteiger partial charge in [-0.15, -0.1) is 23.8 Å². The maximum atomic E-state index is 5.70. The zero-order valence-electron chi connectivity index (χ0n) is 14.7. The maximum absolute atomic E-state index is 5.70. The zero-order chi connectivity index (χ0) is 16.7. The molecule has 0 aliphatic carbocycles. The van der Waals surface area contributed by atoms with Gasteiger partial charge in [0.1, 0.15) is 0 Å². The third-order valence-corrected chi connectivity index (χ3v) is 4.60. The van der Waals surface area contributed by atoms with E-state index in [1.165, 1.54) is 27.9 Å². The minimum Gasteiger partial charge on any atom is -0.537 e. The average Bonchev–Trinajstić information content (AvgIpc) is 3.02. The summed E-state index contributed by atoms with van der Waals surface area (Å²) in [5.41, 5.74) is 7.27. The summed E-state index contributed by atoms with van der Waals surface area (Å²) in [6.45, 7) is 7.25. The first-order valence-corrected chi connectivity index (χ1v) is 8.43. The van der Waals surface area contributed by atoms with E-state index in [0.29, 0.717) is 0 Å². The van der Waals surface area contributed by atoms with Crippen LogP contribution in [0, 0.1) is 26.8 Å². The first kappa shape index (κ1) is 17.9. The molecule has 4 rings (SSSR count). The van der Waals surface area contributed by atoms with Crippen molar-refractivity contribution >= 4 is 0 Å². The minimum atomic E-state index is 0. The van der Waals surface area contributed by atoms with E-state index in [0.717, 1.165) is 36.6 Å². The SMILES string of the molecule is Cc1cc(C)c(-n2ccnc2-c2[c-]cc3c(c2)CCCO3)c(C)c1.[Ir]. The molecular formula is C21H21IrN2O-. The summed E-state index contributed by atoms with van der Waals surface area (Å²) in [4.78, 5) is 4.61. The van der Waals surface area contributed by atoms with Crippen molar-refractivity contribution in [2.24, 2.45) is 0 Å². The van der Waals surface area contributed by atoms with Gasteiger partial charge in [-0.1, -0.05) is 23.3 Å². The van der Waals surface area contributed by atoms with E-state index in [9.17, 15) is 0 Å². The molecule has 0 bridgehead atoms. The van der Waals surface area contributed by atoms with Gasteiger partial charge in [0, 0.05) is 43.9 Å². The number of rotatable bonds is 2. The number of aryl methyl sites for hydroxylation is 4. The summed E-state index contributed by atoms with van der Waals surface area (Å²) in [5.74, 6) is 1.89. The van der Waals surface area contributed by atoms with Crippen molar-refractivity contribution in [3.8, 4) is 22.8 Å². The first-order chi connectivity index (χ1) is 11.6. The van der Waals surface area contributed by atoms with Crippen molar-refractivity contribution in [3.63, 3.8) is 0 Å². The standard InChI is InChI=1S/C21H21N2O.Ir/c1-14-11-15(2)20(16(3)12-14)23-9-8-22-21(23)18-6-7-19-17(13-18)5-4-10-24-19;/h7-9,11-13H,4-5,10H2,1-3H3;/q-1;. The molecule has 0 N–H and O–H groups in total. The van der Waals surface area contributed by atoms with Crippen molar-refractivity contribution in [1.29, 1.82) is 0 Å². The average molecular weight is 510 g/mol. The molecule has 3 nitrogen and oxygen atoms in total. The minimum absolute atomic E-state index is 0. The third-order valence-electron chi connectivity index (χ3n) is 4.60. The molecule has 0 spiro atoms. The fraction of sp³-hybridized carbons (Fsp3) is 0.286. The monoisotopic (exact) mass is 510 g/mol. The normalized spacial score (nSPS) is 12.9. The van der Waals surface area contributed by atoms with Crippen LogP contribution in [0.3, 0.4) is 0 Å². The largest absolute Gasteiger partial charge is 0.537 e. The van der Waals surface area contributed by atoms with E-state index in [1.54, 1.807) is 0 Å². The fourth-order valence-electron chi connectivity index (χ4n) is 3.66. The van der Waals surface area contributed by atoms with Gasteiger partial charge in [-0.05, 0) is 44.7 Å². The molecule has 1 aromatic heterocycles. The Morgan fingerprint density at radius 3 is 2.64 bits per heavy atom. The summed E-state index contributed by atoms with van der Waals surface area (Å²) in [6.07, 6.45) is 6.02. The molecule has 1 aliphatic heterocycles. The number of nitrogens with zero attached hydrogens (tertiary/aromatic N) is 2. The van der Waals surface area contributed by atoms with Gasteiger partial charge in [0.2, 0.25) is 0 Å². The topological polar surface area (TPSA) is 27.1 Å². The van der Waals surface area contributed by atoms with E-state index in [1.807, 2.05) is 18.5 Å². The molecule has 131 valence electrons. The van der Waals surface area contributed by atoms with Crippen LogP contribution >= 0.6 is 0 Å². The maximum Gasteiger partial charge on any atom is 0.0758 e. The van der Waals surface area contributed by atoms with Crippen LogP contribution in [0.15, 0.2) is 36.7 Å². The summed E-state index contributed by atoms with van der Waals surface area (Å²) >= 11 is 0. The molecular weight excluding hydrogens is 488 g/mol. The number of hydrogen-bond donors (Lipinski definition) is 0. The van der Waals surface area contributed by atoms with Crippen LogP contribution in [0.25, 0.3) is 17.1 Å². The van der Waals surface area contributed by atoms with Crippen LogP contribution in [0.5, 0.6) is 5.75 Å². The quantitative estimate of drug-likeness (QED) is 0.473. The Labute approximate surface area is 162 Å². The third kappa shape index (κ3) is 3.29. The Kier molecular flexibility index (Phi) is 5.12. The molecule has 0 amide bonds. The van der Waals surface area contributed by atoms with Gasteiger partial charge in [0.25, 0.3) is 0 Å². The Bertz CT molecular complexity index is 891. The van der Waals surface area contributed by atoms with Crippen LogP contribution in [0.4, 0.5) is 0 Å². The van der Waals surface area contributed by atoms with Crippen molar-refractivity contribution < 1.29 is 24.8 Å². The molecule has 0 fully saturated rings. The number of fused-ring (bicyclic) bond motifs is 1. The predicted octanol–water partition coefficient (Wildman–Crippen LogP) is 4.59. The Hall–Kier alpha value is -1.90. The van der Waals surface area contributed by atoms with Gasteiger partial charge in [0.05, 0.1) is 12.4 Å². The predicted molar refractivity (Wildman–Crippen MR) is 95.9 cm³/mol. The van der Waals surface area contributed by atoms with Crippen LogP contribution < -0.4 is 4.74 Å². The summed E-state index contributed by atoms with van der Waals surface area (Å²) in [6, 6.07) is 11.9. The van der Waals surface area contributed by atoms with Crippen LogP contribution in [-0.4, -0.2) is 16.2 Å². The van der Waals surface area contributed by atoms with E-state index in [4.69, 9.17) is 4.74 Å². The Balaban J connectivity index is 0.00000182. The van der Waals surface area contributed by atoms with Gasteiger partial charge in [0.15, 0.2) is 0 Å². The molecule has 3 aromatic rings. The smallest absolute Gasteiger partial charge is 0.0758 e. The first-order valence-electron chi connectivity index (χ1n) is 8.43. The van der Waals surface area contributed by atoms with Gasteiger partial charge >= 0.3 is 0 Å². The van der Waals surface area contributed by atoms with Gasteiger partial charge in [-0.3, -0.25) is 4.98 Å². The van der Waals surface area contributed by atoms with E-state index >= 15 is 0 Å². The van der Waals surface area contributed by atoms with Gasteiger partial charge in [-0.2, -0.15) is 0 Å². The molecule has 4 heteroatoms. The second-order valence-corrected chi connectivity index (χ2v) is 6.56. The molecule has 0 saturated carbocycles. The Morgan fingerprint density at radius 2 is 1.88 bits per heavy atom. The van der Waals surface area contributed by atoms with Crippen molar-refractivity contribution in [3.05, 3.63) is 65.0 Å². The second kappa shape index (κ2) is 7.15. The molecule has 1 radical (unpaired) electrons. The number of aromatic nitrogens is 2. The summed E-state index contributed by atoms with van der Waals surface area (Å²) < 4.78 is 7.88. The molecule has 25 heavy (non-hydrogen) atoms. The van der Waals surface area contributed by atoms with Crippen LogP contribution in [-0.2, 0) is 26.5 Å². The van der Waals surface area contributed by atoms with E-state index in [2.05, 4.69) is 54.6 Å². The van der Waals surface area contributed by atoms with Crippen LogP contribution in [0.2, 0.25) is 0 Å². The summed E-state index contributed by atoms with van der Waals surface area (Å²) in [5, 5.41) is 0. The molecule has 0 atom stereocenters. The zero-order valence-corrected chi connectivity index (χ0v) is 17.1. The number of hydrogen-bond acceptors (Lipinski definition) is 2. The van der Waals surface area contributed by atoms with E-state index in [-0.39, 0.29) is 20.1 Å².